The van der Waals surface area contributed by atoms with Crippen LogP contribution in [-0.4, -0.2) is 32.1 Å². The van der Waals surface area contributed by atoms with Crippen molar-refractivity contribution in [3.63, 3.8) is 0 Å². The molecule has 1 aliphatic rings. The quantitative estimate of drug-likeness (QED) is 0.473. The number of nitrogens with zero attached hydrogens (tertiary/aromatic N) is 4. The van der Waals surface area contributed by atoms with Gasteiger partial charge >= 0.3 is 0 Å². The van der Waals surface area contributed by atoms with E-state index in [1.54, 1.807) is 11.8 Å². The summed E-state index contributed by atoms with van der Waals surface area (Å²) in [7, 11) is 0. The van der Waals surface area contributed by atoms with Gasteiger partial charge in [-0.2, -0.15) is 0 Å². The maximum Gasteiger partial charge on any atom is 0.254 e. The van der Waals surface area contributed by atoms with Gasteiger partial charge in [0.15, 0.2) is 11.0 Å². The summed E-state index contributed by atoms with van der Waals surface area (Å²) in [5, 5.41) is 10.6. The number of benzene rings is 2. The molecular weight excluding hydrogens is 416 g/mol. The van der Waals surface area contributed by atoms with E-state index in [-0.39, 0.29) is 11.9 Å². The van der Waals surface area contributed by atoms with Crippen LogP contribution in [-0.2, 0) is 12.3 Å². The van der Waals surface area contributed by atoms with Gasteiger partial charge in [0, 0.05) is 29.4 Å². The van der Waals surface area contributed by atoms with E-state index in [0.29, 0.717) is 0 Å². The molecule has 0 N–H and O–H groups in total. The highest BCUT2D eigenvalue weighted by atomic mass is 35.5. The molecule has 2 aromatic carbocycles. The standard InChI is InChI=1S/C23H25ClN4OS/c1-3-27-21(25-26-23(27)30-15-17-9-11-19(24)12-10-17)20-8-5-13-28(20)22(29)18-7-4-6-16(2)14-18/h4,6-7,9-12,14,20H,3,5,8,13,15H2,1-2H3. The molecule has 1 aromatic heterocycles. The van der Waals surface area contributed by atoms with Gasteiger partial charge in [-0.05, 0) is 56.5 Å². The van der Waals surface area contributed by atoms with Gasteiger partial charge in [0.05, 0.1) is 6.04 Å². The van der Waals surface area contributed by atoms with Crippen molar-refractivity contribution in [1.82, 2.24) is 19.7 Å². The highest BCUT2D eigenvalue weighted by Crippen LogP contribution is 2.34. The van der Waals surface area contributed by atoms with Gasteiger partial charge in [-0.15, -0.1) is 10.2 Å². The molecule has 0 spiro atoms. The summed E-state index contributed by atoms with van der Waals surface area (Å²) in [6.07, 6.45) is 1.89. The highest BCUT2D eigenvalue weighted by Gasteiger charge is 2.34. The predicted octanol–water partition coefficient (Wildman–Crippen LogP) is 5.53. The molecule has 30 heavy (non-hydrogen) atoms. The molecule has 7 heteroatoms. The average molecular weight is 441 g/mol. The van der Waals surface area contributed by atoms with Crippen LogP contribution in [0, 0.1) is 6.92 Å². The van der Waals surface area contributed by atoms with Gasteiger partial charge in [0.1, 0.15) is 0 Å². The number of carbonyl (C=O) groups is 1. The molecule has 1 saturated heterocycles. The van der Waals surface area contributed by atoms with Gasteiger partial charge in [-0.1, -0.05) is 53.2 Å². The molecule has 1 atom stereocenters. The summed E-state index contributed by atoms with van der Waals surface area (Å²) in [6.45, 7) is 5.63. The van der Waals surface area contributed by atoms with Crippen LogP contribution in [0.5, 0.6) is 0 Å². The number of rotatable bonds is 6. The number of hydrogen-bond donors (Lipinski definition) is 0. The lowest BCUT2D eigenvalue weighted by Crippen LogP contribution is -2.32. The molecule has 0 bridgehead atoms. The summed E-state index contributed by atoms with van der Waals surface area (Å²) in [6, 6.07) is 15.6. The zero-order chi connectivity index (χ0) is 21.1. The van der Waals surface area contributed by atoms with E-state index in [1.807, 2.05) is 60.4 Å². The third-order valence-electron chi connectivity index (χ3n) is 5.42. The number of aromatic nitrogens is 3. The van der Waals surface area contributed by atoms with Gasteiger partial charge in [-0.25, -0.2) is 0 Å². The molecular formula is C23H25ClN4OS. The van der Waals surface area contributed by atoms with Crippen molar-refractivity contribution in [2.24, 2.45) is 0 Å². The lowest BCUT2D eigenvalue weighted by Gasteiger charge is -2.24. The first-order valence-electron chi connectivity index (χ1n) is 10.2. The van der Waals surface area contributed by atoms with Crippen LogP contribution in [0.15, 0.2) is 53.7 Å². The minimum absolute atomic E-state index is 0.0321. The van der Waals surface area contributed by atoms with Crippen molar-refractivity contribution in [3.05, 3.63) is 76.1 Å². The second kappa shape index (κ2) is 9.23. The Morgan fingerprint density at radius 2 is 2.00 bits per heavy atom. The van der Waals surface area contributed by atoms with Crippen molar-refractivity contribution >= 4 is 29.3 Å². The van der Waals surface area contributed by atoms with E-state index < -0.39 is 0 Å². The molecule has 4 rings (SSSR count). The van der Waals surface area contributed by atoms with Gasteiger partial charge in [0.2, 0.25) is 0 Å². The Bertz CT molecular complexity index is 1030. The first-order chi connectivity index (χ1) is 14.6. The van der Waals surface area contributed by atoms with E-state index in [2.05, 4.69) is 21.7 Å². The summed E-state index contributed by atoms with van der Waals surface area (Å²) >= 11 is 7.64. The maximum atomic E-state index is 13.2. The van der Waals surface area contributed by atoms with Crippen LogP contribution in [0.25, 0.3) is 0 Å². The number of amides is 1. The number of carbonyl (C=O) groups excluding carboxylic acids is 1. The summed E-state index contributed by atoms with van der Waals surface area (Å²) in [5.41, 5.74) is 3.02. The van der Waals surface area contributed by atoms with Crippen molar-refractivity contribution in [2.75, 3.05) is 6.54 Å². The molecule has 1 unspecified atom stereocenters. The third kappa shape index (κ3) is 4.40. The second-order valence-electron chi connectivity index (χ2n) is 7.53. The minimum atomic E-state index is -0.0321. The van der Waals surface area contributed by atoms with E-state index >= 15 is 0 Å². The normalized spacial score (nSPS) is 16.2. The van der Waals surface area contributed by atoms with Gasteiger partial charge in [-0.3, -0.25) is 4.79 Å². The number of likely N-dealkylation sites (tertiary alicyclic amines) is 1. The van der Waals surface area contributed by atoms with Crippen LogP contribution in [0.1, 0.15) is 53.1 Å². The number of thioether (sulfide) groups is 1. The molecule has 1 aliphatic heterocycles. The molecule has 1 amide bonds. The first kappa shape index (κ1) is 20.9. The highest BCUT2D eigenvalue weighted by molar-refractivity contribution is 7.98. The van der Waals surface area contributed by atoms with E-state index in [9.17, 15) is 4.79 Å². The Hall–Kier alpha value is -2.31. The van der Waals surface area contributed by atoms with E-state index in [1.165, 1.54) is 5.56 Å². The van der Waals surface area contributed by atoms with Crippen LogP contribution >= 0.6 is 23.4 Å². The zero-order valence-corrected chi connectivity index (χ0v) is 18.8. The Morgan fingerprint density at radius 1 is 1.20 bits per heavy atom. The fourth-order valence-electron chi connectivity index (χ4n) is 3.90. The number of aryl methyl sites for hydroxylation is 1. The predicted molar refractivity (Wildman–Crippen MR) is 121 cm³/mol. The lowest BCUT2D eigenvalue weighted by atomic mass is 10.1. The van der Waals surface area contributed by atoms with Crippen LogP contribution in [0.4, 0.5) is 0 Å². The maximum absolute atomic E-state index is 13.2. The molecule has 156 valence electrons. The molecule has 0 saturated carbocycles. The summed E-state index contributed by atoms with van der Waals surface area (Å²) < 4.78 is 2.15. The number of hydrogen-bond acceptors (Lipinski definition) is 4. The Labute approximate surface area is 186 Å². The smallest absolute Gasteiger partial charge is 0.254 e. The largest absolute Gasteiger partial charge is 0.328 e. The molecule has 0 radical (unpaired) electrons. The van der Waals surface area contributed by atoms with Crippen molar-refractivity contribution in [1.29, 1.82) is 0 Å². The zero-order valence-electron chi connectivity index (χ0n) is 17.2. The minimum Gasteiger partial charge on any atom is -0.328 e. The Morgan fingerprint density at radius 3 is 2.73 bits per heavy atom. The van der Waals surface area contributed by atoms with Crippen LogP contribution in [0.2, 0.25) is 5.02 Å². The summed E-state index contributed by atoms with van der Waals surface area (Å²) in [4.78, 5) is 15.1. The topological polar surface area (TPSA) is 51.0 Å². The monoisotopic (exact) mass is 440 g/mol. The second-order valence-corrected chi connectivity index (χ2v) is 8.91. The molecule has 3 aromatic rings. The summed E-state index contributed by atoms with van der Waals surface area (Å²) in [5.74, 6) is 1.75. The fourth-order valence-corrected chi connectivity index (χ4v) is 4.99. The van der Waals surface area contributed by atoms with Gasteiger partial charge in [0.25, 0.3) is 5.91 Å². The molecule has 1 fully saturated rings. The van der Waals surface area contributed by atoms with Gasteiger partial charge < -0.3 is 9.47 Å². The van der Waals surface area contributed by atoms with E-state index in [4.69, 9.17) is 11.6 Å². The van der Waals surface area contributed by atoms with E-state index in [0.717, 1.165) is 58.8 Å². The Kier molecular flexibility index (Phi) is 6.44. The molecule has 0 aliphatic carbocycles. The average Bonchev–Trinajstić information content (AvgIpc) is 3.39. The molecule has 5 nitrogen and oxygen atoms in total. The third-order valence-corrected chi connectivity index (χ3v) is 6.71. The van der Waals surface area contributed by atoms with Crippen molar-refractivity contribution < 1.29 is 4.79 Å². The first-order valence-corrected chi connectivity index (χ1v) is 11.6. The van der Waals surface area contributed by atoms with Crippen LogP contribution in [0.3, 0.4) is 0 Å². The Balaban J connectivity index is 1.54. The van der Waals surface area contributed by atoms with Crippen molar-refractivity contribution in [3.8, 4) is 0 Å². The number of halogens is 1. The lowest BCUT2D eigenvalue weighted by molar-refractivity contribution is 0.0727. The molecule has 2 heterocycles. The van der Waals surface area contributed by atoms with Crippen molar-refractivity contribution in [2.45, 2.75) is 50.2 Å². The van der Waals surface area contributed by atoms with Crippen LogP contribution < -0.4 is 0 Å². The fraction of sp³-hybridized carbons (Fsp3) is 0.348. The SMILES string of the molecule is CCn1c(SCc2ccc(Cl)cc2)nnc1C1CCCN1C(=O)c1cccc(C)c1.